The maximum absolute atomic E-state index is 12.4. The average Bonchev–Trinajstić information content (AvgIpc) is 2.54. The second-order valence-electron chi connectivity index (χ2n) is 5.44. The summed E-state index contributed by atoms with van der Waals surface area (Å²) >= 11 is 0. The van der Waals surface area contributed by atoms with Crippen molar-refractivity contribution in [2.75, 3.05) is 25.1 Å². The standard InChI is InChI=1S/C16H25N3O2/c1-3-15-11-21-9-8-19(15)12(2)16(20)18-14-6-4-13(10-17)5-7-14/h4-7,12,15H,3,8-11,17H2,1-2H3,(H,18,20). The molecule has 0 radical (unpaired) electrons. The highest BCUT2D eigenvalue weighted by molar-refractivity contribution is 5.94. The smallest absolute Gasteiger partial charge is 0.241 e. The fraction of sp³-hybridized carbons (Fsp3) is 0.562. The predicted octanol–water partition coefficient (Wildman–Crippen LogP) is 1.58. The third-order valence-electron chi connectivity index (χ3n) is 4.08. The van der Waals surface area contributed by atoms with Crippen LogP contribution in [0, 0.1) is 0 Å². The molecule has 1 aliphatic rings. The molecule has 1 aliphatic heterocycles. The van der Waals surface area contributed by atoms with Crippen LogP contribution in [0.25, 0.3) is 0 Å². The van der Waals surface area contributed by atoms with E-state index in [0.717, 1.165) is 24.2 Å². The van der Waals surface area contributed by atoms with Crippen molar-refractivity contribution >= 4 is 11.6 Å². The number of carbonyl (C=O) groups excluding carboxylic acids is 1. The zero-order valence-electron chi connectivity index (χ0n) is 12.8. The first-order chi connectivity index (χ1) is 10.2. The summed E-state index contributed by atoms with van der Waals surface area (Å²) in [5, 5.41) is 2.97. The lowest BCUT2D eigenvalue weighted by Gasteiger charge is -2.38. The lowest BCUT2D eigenvalue weighted by atomic mass is 10.1. The first kappa shape index (κ1) is 15.9. The molecule has 0 bridgehead atoms. The number of anilines is 1. The molecular weight excluding hydrogens is 266 g/mol. The van der Waals surface area contributed by atoms with Crippen molar-refractivity contribution in [2.24, 2.45) is 5.73 Å². The van der Waals surface area contributed by atoms with Gasteiger partial charge in [0, 0.05) is 24.8 Å². The molecule has 5 nitrogen and oxygen atoms in total. The predicted molar refractivity (Wildman–Crippen MR) is 84.0 cm³/mol. The third-order valence-corrected chi connectivity index (χ3v) is 4.08. The van der Waals surface area contributed by atoms with Gasteiger partial charge >= 0.3 is 0 Å². The van der Waals surface area contributed by atoms with E-state index in [0.29, 0.717) is 25.8 Å². The number of nitrogens with two attached hydrogens (primary N) is 1. The van der Waals surface area contributed by atoms with Crippen molar-refractivity contribution < 1.29 is 9.53 Å². The summed E-state index contributed by atoms with van der Waals surface area (Å²) in [6, 6.07) is 7.81. The van der Waals surface area contributed by atoms with Gasteiger partial charge in [0.05, 0.1) is 19.3 Å². The molecule has 21 heavy (non-hydrogen) atoms. The number of amides is 1. The summed E-state index contributed by atoms with van der Waals surface area (Å²) in [6.07, 6.45) is 0.989. The highest BCUT2D eigenvalue weighted by Gasteiger charge is 2.29. The summed E-state index contributed by atoms with van der Waals surface area (Å²) in [5.41, 5.74) is 7.44. The highest BCUT2D eigenvalue weighted by Crippen LogP contribution is 2.16. The van der Waals surface area contributed by atoms with Gasteiger partial charge in [0.15, 0.2) is 0 Å². The van der Waals surface area contributed by atoms with Gasteiger partial charge in [-0.3, -0.25) is 9.69 Å². The number of nitrogens with zero attached hydrogens (tertiary/aromatic N) is 1. The molecule has 1 fully saturated rings. The van der Waals surface area contributed by atoms with Crippen LogP contribution >= 0.6 is 0 Å². The van der Waals surface area contributed by atoms with Crippen molar-refractivity contribution in [3.63, 3.8) is 0 Å². The monoisotopic (exact) mass is 291 g/mol. The Bertz CT molecular complexity index is 461. The molecule has 0 spiro atoms. The number of nitrogens with one attached hydrogen (secondary N) is 1. The summed E-state index contributed by atoms with van der Waals surface area (Å²) in [6.45, 7) is 6.80. The first-order valence-electron chi connectivity index (χ1n) is 7.59. The molecule has 1 aromatic carbocycles. The number of morpholine rings is 1. The number of hydrogen-bond acceptors (Lipinski definition) is 4. The van der Waals surface area contributed by atoms with E-state index in [1.54, 1.807) is 0 Å². The molecule has 1 saturated heterocycles. The molecule has 2 unspecified atom stereocenters. The molecule has 5 heteroatoms. The second-order valence-corrected chi connectivity index (χ2v) is 5.44. The van der Waals surface area contributed by atoms with Crippen molar-refractivity contribution in [1.29, 1.82) is 0 Å². The molecule has 3 N–H and O–H groups in total. The summed E-state index contributed by atoms with van der Waals surface area (Å²) in [5.74, 6) is 0.0239. The summed E-state index contributed by atoms with van der Waals surface area (Å²) in [7, 11) is 0. The van der Waals surface area contributed by atoms with Crippen molar-refractivity contribution in [2.45, 2.75) is 38.9 Å². The van der Waals surface area contributed by atoms with Crippen LogP contribution in [0.5, 0.6) is 0 Å². The van der Waals surface area contributed by atoms with Crippen LogP contribution < -0.4 is 11.1 Å². The Balaban J connectivity index is 1.97. The normalized spacial score (nSPS) is 21.0. The highest BCUT2D eigenvalue weighted by atomic mass is 16.5. The molecule has 0 aliphatic carbocycles. The maximum atomic E-state index is 12.4. The Labute approximate surface area is 126 Å². The SMILES string of the molecule is CCC1COCCN1C(C)C(=O)Nc1ccc(CN)cc1. The Morgan fingerprint density at radius 1 is 1.48 bits per heavy atom. The minimum absolute atomic E-state index is 0.0239. The molecule has 1 aromatic rings. The van der Waals surface area contributed by atoms with Gasteiger partial charge < -0.3 is 15.8 Å². The molecule has 1 amide bonds. The van der Waals surface area contributed by atoms with E-state index in [1.165, 1.54) is 0 Å². The fourth-order valence-electron chi connectivity index (χ4n) is 2.65. The van der Waals surface area contributed by atoms with E-state index in [4.69, 9.17) is 10.5 Å². The van der Waals surface area contributed by atoms with Gasteiger partial charge in [-0.1, -0.05) is 19.1 Å². The topological polar surface area (TPSA) is 67.6 Å². The summed E-state index contributed by atoms with van der Waals surface area (Å²) in [4.78, 5) is 14.6. The minimum atomic E-state index is -0.159. The van der Waals surface area contributed by atoms with E-state index in [1.807, 2.05) is 31.2 Å². The largest absolute Gasteiger partial charge is 0.378 e. The Hall–Kier alpha value is -1.43. The molecule has 0 aromatic heterocycles. The van der Waals surface area contributed by atoms with E-state index >= 15 is 0 Å². The molecule has 116 valence electrons. The number of rotatable bonds is 5. The van der Waals surface area contributed by atoms with Gasteiger partial charge in [0.1, 0.15) is 0 Å². The molecule has 2 rings (SSSR count). The first-order valence-corrected chi connectivity index (χ1v) is 7.59. The second kappa shape index (κ2) is 7.54. The Morgan fingerprint density at radius 3 is 2.81 bits per heavy atom. The van der Waals surface area contributed by atoms with Crippen LogP contribution in [0.4, 0.5) is 5.69 Å². The van der Waals surface area contributed by atoms with Crippen LogP contribution in [-0.2, 0) is 16.1 Å². The third kappa shape index (κ3) is 4.03. The number of benzene rings is 1. The van der Waals surface area contributed by atoms with E-state index in [2.05, 4.69) is 17.1 Å². The van der Waals surface area contributed by atoms with Crippen LogP contribution in [0.1, 0.15) is 25.8 Å². The van der Waals surface area contributed by atoms with Gasteiger partial charge in [-0.15, -0.1) is 0 Å². The minimum Gasteiger partial charge on any atom is -0.378 e. The number of hydrogen-bond donors (Lipinski definition) is 2. The van der Waals surface area contributed by atoms with Crippen molar-refractivity contribution in [3.05, 3.63) is 29.8 Å². The lowest BCUT2D eigenvalue weighted by molar-refractivity contribution is -0.124. The van der Waals surface area contributed by atoms with Crippen LogP contribution in [0.2, 0.25) is 0 Å². The van der Waals surface area contributed by atoms with Gasteiger partial charge in [-0.2, -0.15) is 0 Å². The van der Waals surface area contributed by atoms with E-state index in [9.17, 15) is 4.79 Å². The summed E-state index contributed by atoms with van der Waals surface area (Å²) < 4.78 is 5.49. The van der Waals surface area contributed by atoms with Gasteiger partial charge in [-0.05, 0) is 31.0 Å². The Kier molecular flexibility index (Phi) is 5.73. The Morgan fingerprint density at radius 2 is 2.19 bits per heavy atom. The van der Waals surface area contributed by atoms with Gasteiger partial charge in [-0.25, -0.2) is 0 Å². The quantitative estimate of drug-likeness (QED) is 0.864. The van der Waals surface area contributed by atoms with Crippen LogP contribution in [0.3, 0.4) is 0 Å². The van der Waals surface area contributed by atoms with Crippen molar-refractivity contribution in [1.82, 2.24) is 4.90 Å². The molecule has 0 saturated carbocycles. The van der Waals surface area contributed by atoms with Crippen molar-refractivity contribution in [3.8, 4) is 0 Å². The molecular formula is C16H25N3O2. The van der Waals surface area contributed by atoms with Crippen LogP contribution in [-0.4, -0.2) is 42.6 Å². The lowest BCUT2D eigenvalue weighted by Crippen LogP contribution is -2.53. The number of ether oxygens (including phenoxy) is 1. The molecule has 2 atom stereocenters. The van der Waals surface area contributed by atoms with E-state index < -0.39 is 0 Å². The number of carbonyl (C=O) groups is 1. The van der Waals surface area contributed by atoms with Gasteiger partial charge in [0.2, 0.25) is 5.91 Å². The van der Waals surface area contributed by atoms with E-state index in [-0.39, 0.29) is 11.9 Å². The average molecular weight is 291 g/mol. The van der Waals surface area contributed by atoms with Crippen LogP contribution in [0.15, 0.2) is 24.3 Å². The molecule has 1 heterocycles. The van der Waals surface area contributed by atoms with Gasteiger partial charge in [0.25, 0.3) is 0 Å². The maximum Gasteiger partial charge on any atom is 0.241 e. The zero-order chi connectivity index (χ0) is 15.2. The fourth-order valence-corrected chi connectivity index (χ4v) is 2.65. The zero-order valence-corrected chi connectivity index (χ0v) is 12.8.